The van der Waals surface area contributed by atoms with E-state index in [4.69, 9.17) is 21.4 Å². The maximum atomic E-state index is 12.2. The molecule has 24 heavy (non-hydrogen) atoms. The van der Waals surface area contributed by atoms with E-state index in [0.717, 1.165) is 12.0 Å². The molecule has 6 heteroatoms. The molecule has 5 nitrogen and oxygen atoms in total. The predicted octanol–water partition coefficient (Wildman–Crippen LogP) is 4.01. The van der Waals surface area contributed by atoms with Gasteiger partial charge in [-0.15, -0.1) is 0 Å². The van der Waals surface area contributed by atoms with Gasteiger partial charge in [0.15, 0.2) is 0 Å². The second-order valence-electron chi connectivity index (χ2n) is 5.22. The number of rotatable bonds is 7. The van der Waals surface area contributed by atoms with Crippen molar-refractivity contribution in [2.24, 2.45) is 0 Å². The van der Waals surface area contributed by atoms with Crippen molar-refractivity contribution in [1.29, 1.82) is 0 Å². The average Bonchev–Trinajstić information content (AvgIpc) is 2.55. The number of carboxylic acids is 1. The summed E-state index contributed by atoms with van der Waals surface area (Å²) in [7, 11) is 0. The van der Waals surface area contributed by atoms with E-state index in [1.807, 2.05) is 6.92 Å². The van der Waals surface area contributed by atoms with Crippen molar-refractivity contribution in [3.8, 4) is 5.75 Å². The number of benzene rings is 2. The highest BCUT2D eigenvalue weighted by atomic mass is 35.5. The summed E-state index contributed by atoms with van der Waals surface area (Å²) in [6, 6.07) is 11.4. The number of ether oxygens (including phenoxy) is 1. The van der Waals surface area contributed by atoms with E-state index < -0.39 is 5.97 Å². The molecule has 0 heterocycles. The lowest BCUT2D eigenvalue weighted by molar-refractivity contribution is -0.115. The van der Waals surface area contributed by atoms with Gasteiger partial charge >= 0.3 is 5.97 Å². The number of aromatic carboxylic acids is 1. The van der Waals surface area contributed by atoms with E-state index in [9.17, 15) is 9.59 Å². The van der Waals surface area contributed by atoms with Gasteiger partial charge in [0, 0.05) is 5.02 Å². The summed E-state index contributed by atoms with van der Waals surface area (Å²) in [5.74, 6) is -0.877. The Morgan fingerprint density at radius 3 is 2.50 bits per heavy atom. The summed E-state index contributed by atoms with van der Waals surface area (Å²) in [5.41, 5.74) is 1.24. The van der Waals surface area contributed by atoms with Crippen LogP contribution in [0.2, 0.25) is 5.02 Å². The number of carbonyl (C=O) groups is 2. The highest BCUT2D eigenvalue weighted by Crippen LogP contribution is 2.26. The Morgan fingerprint density at radius 2 is 1.88 bits per heavy atom. The molecule has 0 bridgehead atoms. The van der Waals surface area contributed by atoms with Gasteiger partial charge in [-0.1, -0.05) is 30.7 Å². The average molecular weight is 348 g/mol. The van der Waals surface area contributed by atoms with Crippen LogP contribution in [0.15, 0.2) is 42.5 Å². The lowest BCUT2D eigenvalue weighted by Crippen LogP contribution is -2.16. The van der Waals surface area contributed by atoms with Gasteiger partial charge in [-0.25, -0.2) is 4.79 Å². The fourth-order valence-corrected chi connectivity index (χ4v) is 2.21. The molecule has 0 fully saturated rings. The van der Waals surface area contributed by atoms with Crippen LogP contribution < -0.4 is 10.1 Å². The predicted molar refractivity (Wildman–Crippen MR) is 93.0 cm³/mol. The molecule has 126 valence electrons. The lowest BCUT2D eigenvalue weighted by Gasteiger charge is -2.13. The third-order valence-electron chi connectivity index (χ3n) is 3.24. The van der Waals surface area contributed by atoms with Crippen molar-refractivity contribution in [1.82, 2.24) is 0 Å². The maximum Gasteiger partial charge on any atom is 0.335 e. The molecule has 0 radical (unpaired) electrons. The van der Waals surface area contributed by atoms with Crippen LogP contribution in [0.4, 0.5) is 5.69 Å². The van der Waals surface area contributed by atoms with E-state index in [1.54, 1.807) is 30.3 Å². The van der Waals surface area contributed by atoms with E-state index in [1.165, 1.54) is 12.1 Å². The Balaban J connectivity index is 2.15. The Morgan fingerprint density at radius 1 is 1.17 bits per heavy atom. The van der Waals surface area contributed by atoms with Gasteiger partial charge in [-0.2, -0.15) is 0 Å². The monoisotopic (exact) mass is 347 g/mol. The van der Waals surface area contributed by atoms with Crippen LogP contribution in [0.25, 0.3) is 0 Å². The summed E-state index contributed by atoms with van der Waals surface area (Å²) in [4.78, 5) is 23.3. The first-order valence-electron chi connectivity index (χ1n) is 7.54. The molecule has 0 unspecified atom stereocenters. The second kappa shape index (κ2) is 8.36. The molecule has 0 aromatic heterocycles. The van der Waals surface area contributed by atoms with Crippen LogP contribution in [-0.4, -0.2) is 23.6 Å². The van der Waals surface area contributed by atoms with E-state index >= 15 is 0 Å². The largest absolute Gasteiger partial charge is 0.491 e. The lowest BCUT2D eigenvalue weighted by atomic mass is 10.1. The maximum absolute atomic E-state index is 12.2. The molecule has 2 N–H and O–H groups in total. The number of nitrogens with one attached hydrogen (secondary N) is 1. The van der Waals surface area contributed by atoms with E-state index in [0.29, 0.717) is 23.1 Å². The number of hydrogen-bond donors (Lipinski definition) is 2. The zero-order valence-corrected chi connectivity index (χ0v) is 14.0. The molecular formula is C18H18ClNO4. The SMILES string of the molecule is CCCOc1ccc(C(=O)O)cc1NC(=O)Cc1ccc(Cl)cc1. The molecule has 2 aromatic rings. The van der Waals surface area contributed by atoms with Crippen LogP contribution >= 0.6 is 11.6 Å². The first-order valence-corrected chi connectivity index (χ1v) is 7.92. The Bertz CT molecular complexity index is 728. The molecule has 0 saturated heterocycles. The minimum Gasteiger partial charge on any atom is -0.491 e. The van der Waals surface area contributed by atoms with Gasteiger partial charge in [-0.3, -0.25) is 4.79 Å². The number of hydrogen-bond acceptors (Lipinski definition) is 3. The fraction of sp³-hybridized carbons (Fsp3) is 0.222. The summed E-state index contributed by atoms with van der Waals surface area (Å²) in [6.07, 6.45) is 0.959. The van der Waals surface area contributed by atoms with Crippen molar-refractivity contribution in [2.75, 3.05) is 11.9 Å². The molecule has 0 aliphatic carbocycles. The normalized spacial score (nSPS) is 10.2. The Labute approximate surface area is 145 Å². The van der Waals surface area contributed by atoms with Gasteiger partial charge in [0.2, 0.25) is 5.91 Å². The van der Waals surface area contributed by atoms with Crippen LogP contribution in [0.5, 0.6) is 5.75 Å². The number of amides is 1. The third-order valence-corrected chi connectivity index (χ3v) is 3.49. The highest BCUT2D eigenvalue weighted by molar-refractivity contribution is 6.30. The zero-order valence-electron chi connectivity index (χ0n) is 13.2. The Hall–Kier alpha value is -2.53. The minimum atomic E-state index is -1.06. The summed E-state index contributed by atoms with van der Waals surface area (Å²) >= 11 is 5.82. The van der Waals surface area contributed by atoms with E-state index in [2.05, 4.69) is 5.32 Å². The molecule has 2 rings (SSSR count). The number of halogens is 1. The summed E-state index contributed by atoms with van der Waals surface area (Å²) < 4.78 is 5.56. The zero-order chi connectivity index (χ0) is 17.5. The van der Waals surface area contributed by atoms with Gasteiger partial charge in [0.25, 0.3) is 0 Å². The van der Waals surface area contributed by atoms with E-state index in [-0.39, 0.29) is 17.9 Å². The van der Waals surface area contributed by atoms with Crippen molar-refractivity contribution >= 4 is 29.2 Å². The molecule has 0 aliphatic rings. The van der Waals surface area contributed by atoms with Crippen LogP contribution in [0.1, 0.15) is 29.3 Å². The topological polar surface area (TPSA) is 75.6 Å². The van der Waals surface area contributed by atoms with Crippen molar-refractivity contribution in [2.45, 2.75) is 19.8 Å². The first kappa shape index (κ1) is 17.8. The highest BCUT2D eigenvalue weighted by Gasteiger charge is 2.12. The van der Waals surface area contributed by atoms with Crippen molar-refractivity contribution in [3.63, 3.8) is 0 Å². The van der Waals surface area contributed by atoms with Crippen LogP contribution in [0, 0.1) is 0 Å². The second-order valence-corrected chi connectivity index (χ2v) is 5.65. The van der Waals surface area contributed by atoms with Crippen LogP contribution in [-0.2, 0) is 11.2 Å². The van der Waals surface area contributed by atoms with Crippen molar-refractivity contribution in [3.05, 3.63) is 58.6 Å². The molecule has 0 saturated carbocycles. The minimum absolute atomic E-state index is 0.0839. The molecule has 0 aliphatic heterocycles. The number of carbonyl (C=O) groups excluding carboxylic acids is 1. The molecule has 0 atom stereocenters. The quantitative estimate of drug-likeness (QED) is 0.793. The van der Waals surface area contributed by atoms with Crippen molar-refractivity contribution < 1.29 is 19.4 Å². The third kappa shape index (κ3) is 4.99. The van der Waals surface area contributed by atoms with Crippen LogP contribution in [0.3, 0.4) is 0 Å². The number of carboxylic acid groups (broad SMARTS) is 1. The molecule has 1 amide bonds. The van der Waals surface area contributed by atoms with Gasteiger partial charge < -0.3 is 15.2 Å². The molecule has 0 spiro atoms. The first-order chi connectivity index (χ1) is 11.5. The molecule has 2 aromatic carbocycles. The standard InChI is InChI=1S/C18H18ClNO4/c1-2-9-24-16-8-5-13(18(22)23)11-15(16)20-17(21)10-12-3-6-14(19)7-4-12/h3-8,11H,2,9-10H2,1H3,(H,20,21)(H,22,23). The molecular weight excluding hydrogens is 330 g/mol. The summed E-state index contributed by atoms with van der Waals surface area (Å²) in [5, 5.41) is 12.4. The Kier molecular flexibility index (Phi) is 6.21. The summed E-state index contributed by atoms with van der Waals surface area (Å²) in [6.45, 7) is 2.44. The number of anilines is 1. The fourth-order valence-electron chi connectivity index (χ4n) is 2.08. The van der Waals surface area contributed by atoms with Gasteiger partial charge in [-0.05, 0) is 42.3 Å². The van der Waals surface area contributed by atoms with Gasteiger partial charge in [0.1, 0.15) is 5.75 Å². The smallest absolute Gasteiger partial charge is 0.335 e. The van der Waals surface area contributed by atoms with Gasteiger partial charge in [0.05, 0.1) is 24.3 Å².